The minimum absolute atomic E-state index is 0.221. The van der Waals surface area contributed by atoms with Crippen LogP contribution < -0.4 is 10.5 Å². The van der Waals surface area contributed by atoms with Crippen LogP contribution in [-0.4, -0.2) is 19.3 Å². The summed E-state index contributed by atoms with van der Waals surface area (Å²) in [7, 11) is -4.11. The molecule has 0 unspecified atom stereocenters. The van der Waals surface area contributed by atoms with Crippen LogP contribution in [-0.2, 0) is 10.0 Å². The number of rotatable bonds is 4. The molecule has 0 aliphatic carbocycles. The molecule has 1 aromatic heterocycles. The minimum Gasteiger partial charge on any atom is -0.364 e. The van der Waals surface area contributed by atoms with Crippen molar-refractivity contribution in [3.63, 3.8) is 0 Å². The summed E-state index contributed by atoms with van der Waals surface area (Å²) in [5.41, 5.74) is 5.78. The minimum atomic E-state index is -4.11. The van der Waals surface area contributed by atoms with Crippen LogP contribution >= 0.6 is 23.2 Å². The summed E-state index contributed by atoms with van der Waals surface area (Å²) in [5, 5.41) is 0.967. The Bertz CT molecular complexity index is 1060. The van der Waals surface area contributed by atoms with E-state index in [9.17, 15) is 13.2 Å². The second kappa shape index (κ2) is 6.01. The zero-order valence-corrected chi connectivity index (χ0v) is 14.3. The van der Waals surface area contributed by atoms with Gasteiger partial charge in [0.1, 0.15) is 10.6 Å². The van der Waals surface area contributed by atoms with E-state index in [2.05, 4.69) is 9.71 Å². The molecule has 124 valence electrons. The summed E-state index contributed by atoms with van der Waals surface area (Å²) in [6.45, 7) is 0. The highest BCUT2D eigenvalue weighted by Gasteiger charge is 2.27. The van der Waals surface area contributed by atoms with E-state index in [0.29, 0.717) is 15.6 Å². The number of H-pyrrole nitrogens is 1. The number of aromatic amines is 1. The van der Waals surface area contributed by atoms with Crippen LogP contribution in [0.1, 0.15) is 10.5 Å². The maximum Gasteiger partial charge on any atom is 0.266 e. The highest BCUT2D eigenvalue weighted by Crippen LogP contribution is 2.31. The number of carbonyl (C=O) groups is 1. The van der Waals surface area contributed by atoms with E-state index in [1.54, 1.807) is 24.3 Å². The van der Waals surface area contributed by atoms with Crippen molar-refractivity contribution in [3.8, 4) is 0 Å². The predicted octanol–water partition coefficient (Wildman–Crippen LogP) is 3.37. The first-order valence-electron chi connectivity index (χ1n) is 6.67. The third-order valence-electron chi connectivity index (χ3n) is 3.30. The van der Waals surface area contributed by atoms with Gasteiger partial charge in [0.2, 0.25) is 0 Å². The van der Waals surface area contributed by atoms with Crippen molar-refractivity contribution >= 4 is 55.7 Å². The Morgan fingerprint density at radius 2 is 1.79 bits per heavy atom. The number of fused-ring (bicyclic) bond motifs is 1. The normalized spacial score (nSPS) is 11.6. The Kier molecular flexibility index (Phi) is 4.16. The quantitative estimate of drug-likeness (QED) is 0.642. The molecule has 1 amide bonds. The SMILES string of the molecule is NC(=O)c1[nH]c2ccc(Cl)cc2c1S(=O)(=O)Nc1cccc(Cl)c1. The lowest BCUT2D eigenvalue weighted by Gasteiger charge is -2.09. The van der Waals surface area contributed by atoms with E-state index < -0.39 is 15.9 Å². The molecule has 6 nitrogen and oxygen atoms in total. The van der Waals surface area contributed by atoms with Gasteiger partial charge in [-0.1, -0.05) is 29.3 Å². The van der Waals surface area contributed by atoms with Crippen molar-refractivity contribution in [2.45, 2.75) is 4.90 Å². The van der Waals surface area contributed by atoms with Gasteiger partial charge < -0.3 is 10.7 Å². The molecule has 0 saturated carbocycles. The fraction of sp³-hybridized carbons (Fsp3) is 0. The number of benzene rings is 2. The molecule has 0 atom stereocenters. The summed E-state index contributed by atoms with van der Waals surface area (Å²) >= 11 is 11.8. The number of nitrogens with one attached hydrogen (secondary N) is 2. The van der Waals surface area contributed by atoms with Crippen LogP contribution in [0.15, 0.2) is 47.4 Å². The fourth-order valence-electron chi connectivity index (χ4n) is 2.35. The van der Waals surface area contributed by atoms with Crippen molar-refractivity contribution in [2.75, 3.05) is 4.72 Å². The van der Waals surface area contributed by atoms with E-state index in [1.807, 2.05) is 0 Å². The van der Waals surface area contributed by atoms with Crippen LogP contribution in [0.5, 0.6) is 0 Å². The fourth-order valence-corrected chi connectivity index (χ4v) is 4.13. The van der Waals surface area contributed by atoms with E-state index >= 15 is 0 Å². The molecule has 0 fully saturated rings. The third kappa shape index (κ3) is 3.06. The number of amides is 1. The average Bonchev–Trinajstić information content (AvgIpc) is 2.86. The Labute approximate surface area is 147 Å². The van der Waals surface area contributed by atoms with Gasteiger partial charge >= 0.3 is 0 Å². The Balaban J connectivity index is 2.21. The van der Waals surface area contributed by atoms with Gasteiger partial charge in [0.15, 0.2) is 0 Å². The van der Waals surface area contributed by atoms with Crippen molar-refractivity contribution in [1.29, 1.82) is 0 Å². The number of primary amides is 1. The average molecular weight is 384 g/mol. The van der Waals surface area contributed by atoms with Gasteiger partial charge in [0.25, 0.3) is 15.9 Å². The predicted molar refractivity (Wildman–Crippen MR) is 94.1 cm³/mol. The molecule has 9 heteroatoms. The number of hydrogen-bond donors (Lipinski definition) is 3. The lowest BCUT2D eigenvalue weighted by Crippen LogP contribution is -2.20. The van der Waals surface area contributed by atoms with Gasteiger partial charge in [0.05, 0.1) is 5.69 Å². The standard InChI is InChI=1S/C15H11Cl2N3O3S/c16-8-2-1-3-10(6-8)20-24(22,23)14-11-7-9(17)4-5-12(11)19-13(14)15(18)21/h1-7,19-20H,(H2,18,21). The molecule has 0 radical (unpaired) electrons. The van der Waals surface area contributed by atoms with Crippen LogP contribution in [0, 0.1) is 0 Å². The first-order valence-corrected chi connectivity index (χ1v) is 8.91. The molecule has 3 aromatic rings. The van der Waals surface area contributed by atoms with Gasteiger partial charge in [-0.25, -0.2) is 8.42 Å². The lowest BCUT2D eigenvalue weighted by atomic mass is 10.2. The van der Waals surface area contributed by atoms with Crippen LogP contribution in [0.2, 0.25) is 10.0 Å². The van der Waals surface area contributed by atoms with Gasteiger partial charge in [-0.2, -0.15) is 0 Å². The van der Waals surface area contributed by atoms with Gasteiger partial charge in [-0.05, 0) is 36.4 Å². The Morgan fingerprint density at radius 3 is 2.46 bits per heavy atom. The first kappa shape index (κ1) is 16.6. The van der Waals surface area contributed by atoms with E-state index in [4.69, 9.17) is 28.9 Å². The summed E-state index contributed by atoms with van der Waals surface area (Å²) in [5.74, 6) is -0.895. The van der Waals surface area contributed by atoms with E-state index in [1.165, 1.54) is 18.2 Å². The monoisotopic (exact) mass is 383 g/mol. The van der Waals surface area contributed by atoms with Gasteiger partial charge in [-0.3, -0.25) is 9.52 Å². The van der Waals surface area contributed by atoms with Crippen LogP contribution in [0.4, 0.5) is 5.69 Å². The van der Waals surface area contributed by atoms with Gasteiger partial charge in [0, 0.05) is 20.9 Å². The number of carbonyl (C=O) groups excluding carboxylic acids is 1. The second-order valence-electron chi connectivity index (χ2n) is 5.00. The maximum absolute atomic E-state index is 12.8. The summed E-state index contributed by atoms with van der Waals surface area (Å²) < 4.78 is 28.0. The molecular formula is C15H11Cl2N3O3S. The molecule has 1 heterocycles. The van der Waals surface area contributed by atoms with Crippen molar-refractivity contribution in [1.82, 2.24) is 4.98 Å². The molecule has 3 rings (SSSR count). The number of halogens is 2. The highest BCUT2D eigenvalue weighted by atomic mass is 35.5. The smallest absolute Gasteiger partial charge is 0.266 e. The molecule has 4 N–H and O–H groups in total. The van der Waals surface area contributed by atoms with Gasteiger partial charge in [-0.15, -0.1) is 0 Å². The highest BCUT2D eigenvalue weighted by molar-refractivity contribution is 7.93. The van der Waals surface area contributed by atoms with Crippen LogP contribution in [0.3, 0.4) is 0 Å². The molecule has 0 aliphatic rings. The van der Waals surface area contributed by atoms with Crippen molar-refractivity contribution in [3.05, 3.63) is 58.2 Å². The Hall–Kier alpha value is -2.22. The molecule has 0 bridgehead atoms. The molecule has 0 aliphatic heterocycles. The van der Waals surface area contributed by atoms with Crippen LogP contribution in [0.25, 0.3) is 10.9 Å². The number of anilines is 1. The maximum atomic E-state index is 12.8. The first-order chi connectivity index (χ1) is 11.3. The zero-order valence-electron chi connectivity index (χ0n) is 12.0. The molecular weight excluding hydrogens is 373 g/mol. The van der Waals surface area contributed by atoms with E-state index in [0.717, 1.165) is 0 Å². The molecule has 2 aromatic carbocycles. The van der Waals surface area contributed by atoms with E-state index in [-0.39, 0.29) is 21.7 Å². The summed E-state index contributed by atoms with van der Waals surface area (Å²) in [4.78, 5) is 14.1. The Morgan fingerprint density at radius 1 is 1.08 bits per heavy atom. The number of hydrogen-bond acceptors (Lipinski definition) is 3. The molecule has 0 spiro atoms. The second-order valence-corrected chi connectivity index (χ2v) is 7.49. The zero-order chi connectivity index (χ0) is 17.5. The summed E-state index contributed by atoms with van der Waals surface area (Å²) in [6.07, 6.45) is 0. The summed E-state index contributed by atoms with van der Waals surface area (Å²) in [6, 6.07) is 10.8. The third-order valence-corrected chi connectivity index (χ3v) is 5.24. The molecule has 24 heavy (non-hydrogen) atoms. The lowest BCUT2D eigenvalue weighted by molar-refractivity contribution is 0.0993. The number of aromatic nitrogens is 1. The van der Waals surface area contributed by atoms with Crippen molar-refractivity contribution < 1.29 is 13.2 Å². The topological polar surface area (TPSA) is 105 Å². The van der Waals surface area contributed by atoms with Crippen molar-refractivity contribution in [2.24, 2.45) is 5.73 Å². The molecule has 0 saturated heterocycles. The number of sulfonamides is 1. The largest absolute Gasteiger partial charge is 0.364 e. The number of nitrogens with two attached hydrogens (primary N) is 1.